The highest BCUT2D eigenvalue weighted by atomic mass is 16.2. The Morgan fingerprint density at radius 2 is 2.00 bits per heavy atom. The maximum absolute atomic E-state index is 12.4. The van der Waals surface area contributed by atoms with E-state index >= 15 is 0 Å². The first kappa shape index (κ1) is 15.3. The summed E-state index contributed by atoms with van der Waals surface area (Å²) in [6, 6.07) is 10.6. The SMILES string of the molecule is O=C(/C=C\c1ccccc1)N1CCC[C@@H]([C@H]2CCCCN2)C1. The zero-order valence-electron chi connectivity index (χ0n) is 13.2. The molecule has 0 aliphatic carbocycles. The molecule has 2 aliphatic rings. The van der Waals surface area contributed by atoms with Gasteiger partial charge < -0.3 is 10.2 Å². The van der Waals surface area contributed by atoms with Gasteiger partial charge in [0.25, 0.3) is 0 Å². The van der Waals surface area contributed by atoms with Crippen LogP contribution in [0.3, 0.4) is 0 Å². The van der Waals surface area contributed by atoms with Gasteiger partial charge in [-0.25, -0.2) is 0 Å². The third-order valence-corrected chi connectivity index (χ3v) is 4.90. The molecule has 1 aromatic carbocycles. The van der Waals surface area contributed by atoms with E-state index in [2.05, 4.69) is 5.32 Å². The Morgan fingerprint density at radius 3 is 2.77 bits per heavy atom. The molecule has 2 saturated heterocycles. The maximum Gasteiger partial charge on any atom is 0.246 e. The Morgan fingerprint density at radius 1 is 1.14 bits per heavy atom. The van der Waals surface area contributed by atoms with Crippen molar-refractivity contribution in [3.05, 3.63) is 42.0 Å². The molecule has 0 radical (unpaired) electrons. The highest BCUT2D eigenvalue weighted by Crippen LogP contribution is 2.24. The summed E-state index contributed by atoms with van der Waals surface area (Å²) < 4.78 is 0. The van der Waals surface area contributed by atoms with E-state index in [-0.39, 0.29) is 5.91 Å². The average Bonchev–Trinajstić information content (AvgIpc) is 2.61. The number of nitrogens with zero attached hydrogens (tertiary/aromatic N) is 1. The molecule has 22 heavy (non-hydrogen) atoms. The molecule has 2 heterocycles. The Kier molecular flexibility index (Phi) is 5.28. The molecule has 0 bridgehead atoms. The molecule has 0 aromatic heterocycles. The summed E-state index contributed by atoms with van der Waals surface area (Å²) in [4.78, 5) is 14.5. The number of benzene rings is 1. The predicted molar refractivity (Wildman–Crippen MR) is 90.4 cm³/mol. The Hall–Kier alpha value is -1.61. The molecule has 0 unspecified atom stereocenters. The molecular formula is C19H26N2O. The van der Waals surface area contributed by atoms with Crippen LogP contribution in [0.25, 0.3) is 6.08 Å². The third kappa shape index (κ3) is 3.98. The van der Waals surface area contributed by atoms with Crippen LogP contribution in [0.2, 0.25) is 0 Å². The smallest absolute Gasteiger partial charge is 0.246 e. The Bertz CT molecular complexity index is 505. The minimum absolute atomic E-state index is 0.157. The first-order chi connectivity index (χ1) is 10.8. The summed E-state index contributed by atoms with van der Waals surface area (Å²) in [5.74, 6) is 0.785. The van der Waals surface area contributed by atoms with Crippen molar-refractivity contribution in [1.29, 1.82) is 0 Å². The second-order valence-corrected chi connectivity index (χ2v) is 6.49. The fourth-order valence-electron chi connectivity index (χ4n) is 3.66. The Labute approximate surface area is 133 Å². The highest BCUT2D eigenvalue weighted by molar-refractivity contribution is 5.91. The quantitative estimate of drug-likeness (QED) is 0.870. The van der Waals surface area contributed by atoms with Crippen molar-refractivity contribution in [3.63, 3.8) is 0 Å². The van der Waals surface area contributed by atoms with E-state index in [1.54, 1.807) is 6.08 Å². The number of hydrogen-bond donors (Lipinski definition) is 1. The lowest BCUT2D eigenvalue weighted by molar-refractivity contribution is -0.128. The first-order valence-electron chi connectivity index (χ1n) is 8.58. The predicted octanol–water partition coefficient (Wildman–Crippen LogP) is 3.08. The zero-order valence-corrected chi connectivity index (χ0v) is 13.2. The van der Waals surface area contributed by atoms with Crippen LogP contribution in [0.1, 0.15) is 37.7 Å². The van der Waals surface area contributed by atoms with Gasteiger partial charge >= 0.3 is 0 Å². The molecule has 1 aromatic rings. The van der Waals surface area contributed by atoms with E-state index in [9.17, 15) is 4.79 Å². The number of piperidine rings is 2. The molecule has 3 nitrogen and oxygen atoms in total. The molecule has 0 saturated carbocycles. The number of likely N-dealkylation sites (tertiary alicyclic amines) is 1. The van der Waals surface area contributed by atoms with E-state index in [0.717, 1.165) is 31.6 Å². The number of rotatable bonds is 3. The fraction of sp³-hybridized carbons (Fsp3) is 0.526. The van der Waals surface area contributed by atoms with Gasteiger partial charge in [-0.3, -0.25) is 4.79 Å². The van der Waals surface area contributed by atoms with E-state index < -0.39 is 0 Å². The van der Waals surface area contributed by atoms with Crippen LogP contribution in [0.5, 0.6) is 0 Å². The molecule has 118 valence electrons. The van der Waals surface area contributed by atoms with Gasteiger partial charge in [0.2, 0.25) is 5.91 Å². The van der Waals surface area contributed by atoms with Crippen molar-refractivity contribution >= 4 is 12.0 Å². The summed E-state index contributed by atoms with van der Waals surface area (Å²) in [6.45, 7) is 2.96. The van der Waals surface area contributed by atoms with Crippen molar-refractivity contribution in [2.45, 2.75) is 38.1 Å². The van der Waals surface area contributed by atoms with Gasteiger partial charge in [-0.05, 0) is 49.8 Å². The lowest BCUT2D eigenvalue weighted by Gasteiger charge is -2.38. The zero-order chi connectivity index (χ0) is 15.2. The van der Waals surface area contributed by atoms with Gasteiger partial charge in [-0.15, -0.1) is 0 Å². The molecule has 1 N–H and O–H groups in total. The second kappa shape index (κ2) is 7.59. The number of amides is 1. The van der Waals surface area contributed by atoms with Crippen LogP contribution < -0.4 is 5.32 Å². The fourth-order valence-corrected chi connectivity index (χ4v) is 3.66. The monoisotopic (exact) mass is 298 g/mol. The number of nitrogens with one attached hydrogen (secondary N) is 1. The number of hydrogen-bond acceptors (Lipinski definition) is 2. The minimum atomic E-state index is 0.157. The second-order valence-electron chi connectivity index (χ2n) is 6.49. The molecule has 2 fully saturated rings. The van der Waals surface area contributed by atoms with Crippen LogP contribution in [0, 0.1) is 5.92 Å². The molecule has 0 spiro atoms. The van der Waals surface area contributed by atoms with Crippen LogP contribution in [0.4, 0.5) is 0 Å². The van der Waals surface area contributed by atoms with Crippen LogP contribution in [0.15, 0.2) is 36.4 Å². The van der Waals surface area contributed by atoms with Crippen molar-refractivity contribution in [1.82, 2.24) is 10.2 Å². The van der Waals surface area contributed by atoms with Gasteiger partial charge in [0, 0.05) is 25.2 Å². The first-order valence-corrected chi connectivity index (χ1v) is 8.58. The minimum Gasteiger partial charge on any atom is -0.339 e. The summed E-state index contributed by atoms with van der Waals surface area (Å²) >= 11 is 0. The normalized spacial score (nSPS) is 26.3. The Balaban J connectivity index is 1.57. The lowest BCUT2D eigenvalue weighted by atomic mass is 9.86. The molecule has 2 aliphatic heterocycles. The summed E-state index contributed by atoms with van der Waals surface area (Å²) in [5, 5.41) is 3.65. The molecule has 1 amide bonds. The average molecular weight is 298 g/mol. The van der Waals surface area contributed by atoms with E-state index in [4.69, 9.17) is 0 Å². The van der Waals surface area contributed by atoms with Gasteiger partial charge in [0.15, 0.2) is 0 Å². The van der Waals surface area contributed by atoms with Crippen LogP contribution in [-0.2, 0) is 4.79 Å². The number of carbonyl (C=O) groups is 1. The maximum atomic E-state index is 12.4. The molecule has 3 rings (SSSR count). The van der Waals surface area contributed by atoms with Crippen molar-refractivity contribution in [3.8, 4) is 0 Å². The van der Waals surface area contributed by atoms with Gasteiger partial charge in [-0.2, -0.15) is 0 Å². The van der Waals surface area contributed by atoms with E-state index in [0.29, 0.717) is 12.0 Å². The third-order valence-electron chi connectivity index (χ3n) is 4.90. The van der Waals surface area contributed by atoms with Crippen LogP contribution >= 0.6 is 0 Å². The van der Waals surface area contributed by atoms with Crippen molar-refractivity contribution in [2.75, 3.05) is 19.6 Å². The molecule has 3 heteroatoms. The van der Waals surface area contributed by atoms with E-state index in [1.807, 2.05) is 41.3 Å². The standard InChI is InChI=1S/C19H26N2O/c22-19(12-11-16-7-2-1-3-8-16)21-14-6-9-17(15-21)18-10-4-5-13-20-18/h1-3,7-8,11-12,17-18,20H,4-6,9-10,13-15H2/b12-11-/t17-,18-/m1/s1. The summed E-state index contributed by atoms with van der Waals surface area (Å²) in [7, 11) is 0. The van der Waals surface area contributed by atoms with Gasteiger partial charge in [-0.1, -0.05) is 36.8 Å². The number of carbonyl (C=O) groups excluding carboxylic acids is 1. The summed E-state index contributed by atoms with van der Waals surface area (Å²) in [5.41, 5.74) is 1.08. The van der Waals surface area contributed by atoms with E-state index in [1.165, 1.54) is 25.7 Å². The molecular weight excluding hydrogens is 272 g/mol. The van der Waals surface area contributed by atoms with Crippen molar-refractivity contribution in [2.24, 2.45) is 5.92 Å². The summed E-state index contributed by atoms with van der Waals surface area (Å²) in [6.07, 6.45) is 9.93. The van der Waals surface area contributed by atoms with Crippen molar-refractivity contribution < 1.29 is 4.79 Å². The van der Waals surface area contributed by atoms with Gasteiger partial charge in [0.05, 0.1) is 0 Å². The van der Waals surface area contributed by atoms with Crippen LogP contribution in [-0.4, -0.2) is 36.5 Å². The van der Waals surface area contributed by atoms with Gasteiger partial charge in [0.1, 0.15) is 0 Å². The molecule has 2 atom stereocenters. The lowest BCUT2D eigenvalue weighted by Crippen LogP contribution is -2.48. The highest BCUT2D eigenvalue weighted by Gasteiger charge is 2.29. The topological polar surface area (TPSA) is 32.3 Å². The largest absolute Gasteiger partial charge is 0.339 e.